The zero-order chi connectivity index (χ0) is 22.0. The van der Waals surface area contributed by atoms with E-state index in [4.69, 9.17) is 21.1 Å². The summed E-state index contributed by atoms with van der Waals surface area (Å²) < 4.78 is 26.2. The highest BCUT2D eigenvalue weighted by atomic mass is 127. The van der Waals surface area contributed by atoms with Gasteiger partial charge in [0.1, 0.15) is 6.61 Å². The average molecular weight is 554 g/mol. The number of amides is 1. The molecule has 0 spiro atoms. The quantitative estimate of drug-likeness (QED) is 0.339. The molecule has 0 fully saturated rings. The number of methoxy groups -OCH3 is 1. The zero-order valence-electron chi connectivity index (χ0n) is 15.9. The van der Waals surface area contributed by atoms with E-state index in [0.717, 1.165) is 0 Å². The lowest BCUT2D eigenvalue weighted by Crippen LogP contribution is -2.16. The van der Waals surface area contributed by atoms with Crippen molar-refractivity contribution in [2.45, 2.75) is 6.61 Å². The molecule has 0 saturated carbocycles. The number of rotatable bonds is 6. The summed E-state index contributed by atoms with van der Waals surface area (Å²) >= 11 is 7.71. The molecule has 0 aliphatic rings. The Morgan fingerprint density at radius 2 is 2.10 bits per heavy atom. The van der Waals surface area contributed by atoms with Crippen LogP contribution in [0.15, 0.2) is 42.7 Å². The first kappa shape index (κ1) is 21.2. The molecule has 158 valence electrons. The Morgan fingerprint density at radius 3 is 2.84 bits per heavy atom. The van der Waals surface area contributed by atoms with Crippen molar-refractivity contribution < 1.29 is 18.7 Å². The first-order valence-electron chi connectivity index (χ1n) is 8.87. The van der Waals surface area contributed by atoms with Gasteiger partial charge in [0.15, 0.2) is 17.2 Å². The van der Waals surface area contributed by atoms with E-state index in [2.05, 4.69) is 25.5 Å². The predicted molar refractivity (Wildman–Crippen MR) is 121 cm³/mol. The van der Waals surface area contributed by atoms with E-state index in [1.165, 1.54) is 25.6 Å². The van der Waals surface area contributed by atoms with Gasteiger partial charge in [-0.05, 0) is 52.9 Å². The van der Waals surface area contributed by atoms with Gasteiger partial charge in [-0.15, -0.1) is 5.10 Å². The SMILES string of the molecule is COc1n[nH]c2ncc(NC(=O)c3c(I)ccc(OCc4ccc(Cl)cn4)c3F)cc12. The summed E-state index contributed by atoms with van der Waals surface area (Å²) in [5.41, 5.74) is 1.30. The Hall–Kier alpha value is -2.99. The number of H-pyrrole nitrogens is 1. The van der Waals surface area contributed by atoms with Gasteiger partial charge in [-0.25, -0.2) is 9.37 Å². The first-order chi connectivity index (χ1) is 15.0. The minimum absolute atomic E-state index is 0.0244. The number of fused-ring (bicyclic) bond motifs is 1. The molecule has 0 bridgehead atoms. The molecule has 8 nitrogen and oxygen atoms in total. The number of nitrogens with zero attached hydrogens (tertiary/aromatic N) is 3. The molecule has 3 aromatic heterocycles. The van der Waals surface area contributed by atoms with Gasteiger partial charge < -0.3 is 14.8 Å². The summed E-state index contributed by atoms with van der Waals surface area (Å²) in [7, 11) is 1.48. The van der Waals surface area contributed by atoms with Gasteiger partial charge in [0.05, 0.1) is 40.7 Å². The largest absolute Gasteiger partial charge is 0.484 e. The maximum Gasteiger partial charge on any atom is 0.259 e. The topological polar surface area (TPSA) is 102 Å². The minimum Gasteiger partial charge on any atom is -0.484 e. The number of nitrogens with one attached hydrogen (secondary N) is 2. The number of carbonyl (C=O) groups is 1. The monoisotopic (exact) mass is 553 g/mol. The van der Waals surface area contributed by atoms with Gasteiger partial charge in [-0.3, -0.25) is 14.9 Å². The van der Waals surface area contributed by atoms with Gasteiger partial charge in [0, 0.05) is 9.77 Å². The molecule has 0 atom stereocenters. The zero-order valence-corrected chi connectivity index (χ0v) is 18.9. The summed E-state index contributed by atoms with van der Waals surface area (Å²) in [6.45, 7) is 0.0244. The molecule has 1 aromatic carbocycles. The summed E-state index contributed by atoms with van der Waals surface area (Å²) in [6, 6.07) is 8.04. The molecular formula is C20H14ClFIN5O3. The normalized spacial score (nSPS) is 10.8. The van der Waals surface area contributed by atoms with Crippen LogP contribution in [0, 0.1) is 9.39 Å². The van der Waals surface area contributed by atoms with E-state index in [1.807, 2.05) is 22.6 Å². The van der Waals surface area contributed by atoms with Crippen LogP contribution in [0.3, 0.4) is 0 Å². The number of carbonyl (C=O) groups excluding carboxylic acids is 1. The minimum atomic E-state index is -0.770. The smallest absolute Gasteiger partial charge is 0.259 e. The van der Waals surface area contributed by atoms with Crippen LogP contribution in [-0.4, -0.2) is 33.2 Å². The summed E-state index contributed by atoms with van der Waals surface area (Å²) in [5.74, 6) is -1.13. The standard InChI is InChI=1S/C20H14ClFIN5O3/c1-30-20-13-6-12(8-25-18(13)27-28-20)26-19(29)16-14(23)4-5-15(17(16)22)31-9-11-3-2-10(21)7-24-11/h2-8H,9H2,1H3,(H,26,29)(H,25,27,28). The van der Waals surface area contributed by atoms with E-state index in [9.17, 15) is 4.79 Å². The summed E-state index contributed by atoms with van der Waals surface area (Å²) in [5, 5.41) is 10.4. The Balaban J connectivity index is 1.56. The first-order valence-corrected chi connectivity index (χ1v) is 10.3. The lowest BCUT2D eigenvalue weighted by Gasteiger charge is -2.12. The van der Waals surface area contributed by atoms with Gasteiger partial charge >= 0.3 is 0 Å². The van der Waals surface area contributed by atoms with Crippen molar-refractivity contribution in [2.75, 3.05) is 12.4 Å². The van der Waals surface area contributed by atoms with Crippen LogP contribution in [0.4, 0.5) is 10.1 Å². The third kappa shape index (κ3) is 4.54. The van der Waals surface area contributed by atoms with Crippen molar-refractivity contribution in [1.82, 2.24) is 20.2 Å². The fourth-order valence-corrected chi connectivity index (χ4v) is 3.57. The number of aromatic amines is 1. The van der Waals surface area contributed by atoms with Crippen LogP contribution in [0.5, 0.6) is 11.6 Å². The second kappa shape index (κ2) is 9.02. The third-order valence-corrected chi connectivity index (χ3v) is 5.40. The van der Waals surface area contributed by atoms with E-state index in [1.54, 1.807) is 24.3 Å². The molecule has 2 N–H and O–H groups in total. The fourth-order valence-electron chi connectivity index (χ4n) is 2.79. The molecule has 4 rings (SSSR count). The van der Waals surface area contributed by atoms with Gasteiger partial charge in [-0.1, -0.05) is 11.6 Å². The molecule has 0 radical (unpaired) electrons. The molecule has 0 unspecified atom stereocenters. The lowest BCUT2D eigenvalue weighted by atomic mass is 10.1. The highest BCUT2D eigenvalue weighted by Crippen LogP contribution is 2.28. The Bertz CT molecular complexity index is 1270. The highest BCUT2D eigenvalue weighted by Gasteiger charge is 2.21. The molecule has 0 saturated heterocycles. The van der Waals surface area contributed by atoms with E-state index < -0.39 is 11.7 Å². The summed E-state index contributed by atoms with van der Waals surface area (Å²) in [4.78, 5) is 21.1. The van der Waals surface area contributed by atoms with Gasteiger partial charge in [0.2, 0.25) is 5.88 Å². The van der Waals surface area contributed by atoms with Crippen LogP contribution >= 0.6 is 34.2 Å². The van der Waals surface area contributed by atoms with E-state index >= 15 is 4.39 Å². The number of anilines is 1. The van der Waals surface area contributed by atoms with Crippen LogP contribution in [0.25, 0.3) is 11.0 Å². The molecule has 11 heteroatoms. The second-order valence-electron chi connectivity index (χ2n) is 6.30. The number of benzene rings is 1. The molecular weight excluding hydrogens is 540 g/mol. The van der Waals surface area contributed by atoms with Crippen LogP contribution in [0.2, 0.25) is 5.02 Å². The summed E-state index contributed by atoms with van der Waals surface area (Å²) in [6.07, 6.45) is 2.92. The number of aromatic nitrogens is 4. The molecule has 0 aliphatic heterocycles. The number of hydrogen-bond donors (Lipinski definition) is 2. The second-order valence-corrected chi connectivity index (χ2v) is 7.90. The van der Waals surface area contributed by atoms with Crippen molar-refractivity contribution in [3.05, 3.63) is 68.4 Å². The van der Waals surface area contributed by atoms with Crippen molar-refractivity contribution >= 4 is 56.8 Å². The Labute approximate surface area is 194 Å². The maximum atomic E-state index is 15.1. The molecule has 31 heavy (non-hydrogen) atoms. The maximum absolute atomic E-state index is 15.1. The molecule has 0 aliphatic carbocycles. The van der Waals surface area contributed by atoms with Crippen LogP contribution < -0.4 is 14.8 Å². The van der Waals surface area contributed by atoms with Crippen molar-refractivity contribution in [3.8, 4) is 11.6 Å². The Morgan fingerprint density at radius 1 is 1.26 bits per heavy atom. The highest BCUT2D eigenvalue weighted by molar-refractivity contribution is 14.1. The number of halogens is 3. The third-order valence-electron chi connectivity index (χ3n) is 4.28. The molecule has 1 amide bonds. The van der Waals surface area contributed by atoms with Crippen molar-refractivity contribution in [1.29, 1.82) is 0 Å². The molecule has 4 aromatic rings. The lowest BCUT2D eigenvalue weighted by molar-refractivity contribution is 0.102. The number of pyridine rings is 2. The van der Waals surface area contributed by atoms with Gasteiger partial charge in [0.25, 0.3) is 5.91 Å². The van der Waals surface area contributed by atoms with Gasteiger partial charge in [-0.2, -0.15) is 0 Å². The number of hydrogen-bond acceptors (Lipinski definition) is 6. The van der Waals surface area contributed by atoms with Crippen molar-refractivity contribution in [3.63, 3.8) is 0 Å². The van der Waals surface area contributed by atoms with Crippen molar-refractivity contribution in [2.24, 2.45) is 0 Å². The Kier molecular flexibility index (Phi) is 6.18. The van der Waals surface area contributed by atoms with Crippen LogP contribution in [-0.2, 0) is 6.61 Å². The predicted octanol–water partition coefficient (Wildman–Crippen LogP) is 4.59. The fraction of sp³-hybridized carbons (Fsp3) is 0.100. The van der Waals surface area contributed by atoms with E-state index in [-0.39, 0.29) is 17.9 Å². The average Bonchev–Trinajstić information content (AvgIpc) is 3.17. The van der Waals surface area contributed by atoms with Crippen LogP contribution in [0.1, 0.15) is 16.1 Å². The number of ether oxygens (including phenoxy) is 2. The molecule has 3 heterocycles. The van der Waals surface area contributed by atoms with E-state index in [0.29, 0.717) is 36.9 Å².